The standard InChI is InChI=1S/C19H27N2/c1-2-20-14-21(19-10-6-5-9-18(19)20)17-12-11-15-7-3-4-8-16(15)13-17/h5-6,9-10,14-17H,2-4,7-8,11-13H2,1H3. The van der Waals surface area contributed by atoms with Crippen LogP contribution in [0.25, 0.3) is 0 Å². The quantitative estimate of drug-likeness (QED) is 0.768. The van der Waals surface area contributed by atoms with Crippen molar-refractivity contribution in [3.05, 3.63) is 30.9 Å². The van der Waals surface area contributed by atoms with E-state index in [9.17, 15) is 0 Å². The van der Waals surface area contributed by atoms with E-state index in [1.165, 1.54) is 56.3 Å². The van der Waals surface area contributed by atoms with Crippen molar-refractivity contribution in [1.29, 1.82) is 0 Å². The number of nitrogens with zero attached hydrogens (tertiary/aromatic N) is 2. The Kier molecular flexibility index (Phi) is 3.56. The van der Waals surface area contributed by atoms with Crippen molar-refractivity contribution in [2.45, 2.75) is 57.9 Å². The summed E-state index contributed by atoms with van der Waals surface area (Å²) < 4.78 is 0. The summed E-state index contributed by atoms with van der Waals surface area (Å²) in [6.07, 6.45) is 10.2. The number of rotatable bonds is 2. The molecular weight excluding hydrogens is 256 g/mol. The number of hydrogen-bond acceptors (Lipinski definition) is 2. The molecule has 1 heterocycles. The molecule has 0 aromatic heterocycles. The highest BCUT2D eigenvalue weighted by Gasteiger charge is 2.37. The summed E-state index contributed by atoms with van der Waals surface area (Å²) in [7, 11) is 0. The van der Waals surface area contributed by atoms with Gasteiger partial charge in [0.25, 0.3) is 0 Å². The molecule has 0 spiro atoms. The van der Waals surface area contributed by atoms with Crippen molar-refractivity contribution in [2.75, 3.05) is 16.3 Å². The average molecular weight is 283 g/mol. The Balaban J connectivity index is 1.54. The van der Waals surface area contributed by atoms with Gasteiger partial charge in [0.05, 0.1) is 11.4 Å². The van der Waals surface area contributed by atoms with Crippen molar-refractivity contribution in [1.82, 2.24) is 0 Å². The smallest absolute Gasteiger partial charge is 0.142 e. The van der Waals surface area contributed by atoms with Crippen LogP contribution in [0.4, 0.5) is 11.4 Å². The summed E-state index contributed by atoms with van der Waals surface area (Å²) in [4.78, 5) is 4.99. The van der Waals surface area contributed by atoms with Gasteiger partial charge in [-0.2, -0.15) is 0 Å². The van der Waals surface area contributed by atoms with Gasteiger partial charge < -0.3 is 9.80 Å². The molecule has 3 unspecified atom stereocenters. The van der Waals surface area contributed by atoms with Gasteiger partial charge >= 0.3 is 0 Å². The zero-order chi connectivity index (χ0) is 14.2. The van der Waals surface area contributed by atoms with Crippen molar-refractivity contribution < 1.29 is 0 Å². The van der Waals surface area contributed by atoms with Crippen LogP contribution in [-0.4, -0.2) is 12.6 Å². The summed E-state index contributed by atoms with van der Waals surface area (Å²) in [5.74, 6) is 2.03. The summed E-state index contributed by atoms with van der Waals surface area (Å²) in [6.45, 7) is 5.68. The zero-order valence-corrected chi connectivity index (χ0v) is 13.2. The van der Waals surface area contributed by atoms with Crippen LogP contribution >= 0.6 is 0 Å². The Hall–Kier alpha value is -1.18. The minimum absolute atomic E-state index is 0.724. The van der Waals surface area contributed by atoms with Crippen molar-refractivity contribution >= 4 is 11.4 Å². The molecule has 2 fully saturated rings. The first kappa shape index (κ1) is 13.5. The van der Waals surface area contributed by atoms with Crippen LogP contribution in [0.5, 0.6) is 0 Å². The van der Waals surface area contributed by atoms with Crippen molar-refractivity contribution in [3.63, 3.8) is 0 Å². The molecule has 1 aromatic carbocycles. The predicted molar refractivity (Wildman–Crippen MR) is 89.3 cm³/mol. The van der Waals surface area contributed by atoms with E-state index in [0.29, 0.717) is 0 Å². The zero-order valence-electron chi connectivity index (χ0n) is 13.2. The van der Waals surface area contributed by atoms with E-state index in [1.807, 2.05) is 0 Å². The van der Waals surface area contributed by atoms with E-state index in [2.05, 4.69) is 47.7 Å². The maximum atomic E-state index is 2.59. The number of benzene rings is 1. The molecule has 2 aliphatic carbocycles. The summed E-state index contributed by atoms with van der Waals surface area (Å²) in [5.41, 5.74) is 2.82. The molecule has 21 heavy (non-hydrogen) atoms. The molecule has 113 valence electrons. The molecule has 4 rings (SSSR count). The van der Waals surface area contributed by atoms with Gasteiger partial charge in [0.15, 0.2) is 0 Å². The van der Waals surface area contributed by atoms with Gasteiger partial charge in [-0.3, -0.25) is 0 Å². The molecule has 1 radical (unpaired) electrons. The summed E-state index contributed by atoms with van der Waals surface area (Å²) in [6, 6.07) is 9.64. The summed E-state index contributed by atoms with van der Waals surface area (Å²) >= 11 is 0. The van der Waals surface area contributed by atoms with Gasteiger partial charge in [0.1, 0.15) is 6.67 Å². The monoisotopic (exact) mass is 283 g/mol. The van der Waals surface area contributed by atoms with Crippen LogP contribution in [0.2, 0.25) is 0 Å². The van der Waals surface area contributed by atoms with Crippen LogP contribution in [0.15, 0.2) is 24.3 Å². The van der Waals surface area contributed by atoms with Gasteiger partial charge in [-0.25, -0.2) is 0 Å². The van der Waals surface area contributed by atoms with Crippen LogP contribution in [0.1, 0.15) is 51.9 Å². The number of anilines is 2. The van der Waals surface area contributed by atoms with Crippen molar-refractivity contribution in [3.8, 4) is 0 Å². The lowest BCUT2D eigenvalue weighted by atomic mass is 9.69. The van der Waals surface area contributed by atoms with E-state index in [4.69, 9.17) is 0 Å². The normalized spacial score (nSPS) is 32.0. The van der Waals surface area contributed by atoms with E-state index >= 15 is 0 Å². The maximum absolute atomic E-state index is 2.59. The lowest BCUT2D eigenvalue weighted by molar-refractivity contribution is 0.155. The highest BCUT2D eigenvalue weighted by molar-refractivity contribution is 5.78. The predicted octanol–water partition coefficient (Wildman–Crippen LogP) is 4.81. The third-order valence-electron chi connectivity index (χ3n) is 5.98. The number of hydrogen-bond donors (Lipinski definition) is 0. The third kappa shape index (κ3) is 2.33. The van der Waals surface area contributed by atoms with Gasteiger partial charge in [-0.05, 0) is 50.2 Å². The minimum Gasteiger partial charge on any atom is -0.346 e. The Morgan fingerprint density at radius 1 is 0.952 bits per heavy atom. The molecule has 3 atom stereocenters. The maximum Gasteiger partial charge on any atom is 0.142 e. The van der Waals surface area contributed by atoms with E-state index in [1.54, 1.807) is 0 Å². The molecule has 3 aliphatic rings. The molecule has 0 saturated heterocycles. The molecule has 2 heteroatoms. The fourth-order valence-corrected chi connectivity index (χ4v) is 4.84. The fourth-order valence-electron chi connectivity index (χ4n) is 4.84. The van der Waals surface area contributed by atoms with Crippen LogP contribution in [0.3, 0.4) is 0 Å². The van der Waals surface area contributed by atoms with E-state index in [0.717, 1.165) is 24.4 Å². The van der Waals surface area contributed by atoms with Crippen LogP contribution < -0.4 is 9.80 Å². The molecule has 1 aliphatic heterocycles. The van der Waals surface area contributed by atoms with Crippen LogP contribution in [0, 0.1) is 18.5 Å². The SMILES string of the molecule is CCN1[CH]N(C2CCC3CCCCC3C2)c2ccccc21. The van der Waals surface area contributed by atoms with Gasteiger partial charge in [-0.15, -0.1) is 0 Å². The van der Waals surface area contributed by atoms with Gasteiger partial charge in [0.2, 0.25) is 0 Å². The van der Waals surface area contributed by atoms with E-state index < -0.39 is 0 Å². The summed E-state index contributed by atoms with van der Waals surface area (Å²) in [5, 5.41) is 0. The highest BCUT2D eigenvalue weighted by Crippen LogP contribution is 2.46. The Morgan fingerprint density at radius 2 is 1.71 bits per heavy atom. The molecule has 0 bridgehead atoms. The molecule has 2 saturated carbocycles. The number of fused-ring (bicyclic) bond motifs is 2. The largest absolute Gasteiger partial charge is 0.346 e. The molecule has 0 N–H and O–H groups in total. The second-order valence-electron chi connectivity index (χ2n) is 7.07. The first-order valence-corrected chi connectivity index (χ1v) is 8.86. The Morgan fingerprint density at radius 3 is 2.52 bits per heavy atom. The first-order valence-electron chi connectivity index (χ1n) is 8.86. The van der Waals surface area contributed by atoms with Crippen molar-refractivity contribution in [2.24, 2.45) is 11.8 Å². The third-order valence-corrected chi connectivity index (χ3v) is 5.98. The van der Waals surface area contributed by atoms with E-state index in [-0.39, 0.29) is 0 Å². The first-order chi connectivity index (χ1) is 10.4. The van der Waals surface area contributed by atoms with Crippen LogP contribution in [-0.2, 0) is 0 Å². The van der Waals surface area contributed by atoms with Gasteiger partial charge in [0, 0.05) is 12.6 Å². The Bertz CT molecular complexity index is 498. The second kappa shape index (κ2) is 5.55. The second-order valence-corrected chi connectivity index (χ2v) is 7.07. The molecule has 2 nitrogen and oxygen atoms in total. The number of para-hydroxylation sites is 2. The van der Waals surface area contributed by atoms with Gasteiger partial charge in [-0.1, -0.05) is 37.8 Å². The molecule has 0 amide bonds. The minimum atomic E-state index is 0.724. The Labute approximate surface area is 129 Å². The fraction of sp³-hybridized carbons (Fsp3) is 0.632. The lowest BCUT2D eigenvalue weighted by Gasteiger charge is -2.42. The molecular formula is C19H27N2. The lowest BCUT2D eigenvalue weighted by Crippen LogP contribution is -2.41. The molecule has 1 aromatic rings. The topological polar surface area (TPSA) is 6.48 Å². The average Bonchev–Trinajstić information content (AvgIpc) is 2.93. The highest BCUT2D eigenvalue weighted by atomic mass is 15.4.